The van der Waals surface area contributed by atoms with Crippen molar-refractivity contribution in [3.63, 3.8) is 0 Å². The van der Waals surface area contributed by atoms with E-state index in [-0.39, 0.29) is 0 Å². The van der Waals surface area contributed by atoms with Crippen molar-refractivity contribution in [3.05, 3.63) is 0 Å². The zero-order valence-electron chi connectivity index (χ0n) is 12.3. The average molecular weight is 253 g/mol. The lowest BCUT2D eigenvalue weighted by Crippen LogP contribution is -2.43. The number of hydrogen-bond donors (Lipinski definition) is 1. The molecule has 0 radical (unpaired) electrons. The van der Waals surface area contributed by atoms with Gasteiger partial charge in [0.05, 0.1) is 0 Å². The Bertz CT molecular complexity index is 230. The van der Waals surface area contributed by atoms with Crippen molar-refractivity contribution in [1.29, 1.82) is 0 Å². The van der Waals surface area contributed by atoms with Gasteiger partial charge in [0.25, 0.3) is 0 Å². The summed E-state index contributed by atoms with van der Waals surface area (Å²) in [6.45, 7) is 10.9. The SMILES string of the molecule is CC(C)CCN(CCN1CCC(N)CC1)C1CC1. The number of rotatable bonds is 7. The molecule has 2 aliphatic rings. The van der Waals surface area contributed by atoms with E-state index >= 15 is 0 Å². The molecule has 0 amide bonds. The van der Waals surface area contributed by atoms with Gasteiger partial charge < -0.3 is 10.6 Å². The molecule has 1 saturated carbocycles. The first kappa shape index (κ1) is 14.3. The van der Waals surface area contributed by atoms with Crippen LogP contribution in [0.1, 0.15) is 46.0 Å². The molecule has 2 N–H and O–H groups in total. The first-order valence-electron chi connectivity index (χ1n) is 7.87. The van der Waals surface area contributed by atoms with E-state index in [1.807, 2.05) is 0 Å². The molecule has 106 valence electrons. The van der Waals surface area contributed by atoms with Crippen LogP contribution in [0.15, 0.2) is 0 Å². The first-order valence-corrected chi connectivity index (χ1v) is 7.87. The summed E-state index contributed by atoms with van der Waals surface area (Å²) in [6, 6.07) is 1.37. The summed E-state index contributed by atoms with van der Waals surface area (Å²) in [5.74, 6) is 0.833. The molecule has 0 aromatic rings. The normalized spacial score (nSPS) is 23.2. The quantitative estimate of drug-likeness (QED) is 0.752. The molecule has 1 heterocycles. The van der Waals surface area contributed by atoms with E-state index in [2.05, 4.69) is 23.6 Å². The van der Waals surface area contributed by atoms with Crippen molar-refractivity contribution < 1.29 is 0 Å². The van der Waals surface area contributed by atoms with Crippen LogP contribution >= 0.6 is 0 Å². The van der Waals surface area contributed by atoms with E-state index in [0.717, 1.165) is 12.0 Å². The molecular weight excluding hydrogens is 222 g/mol. The molecule has 1 saturated heterocycles. The Morgan fingerprint density at radius 3 is 2.33 bits per heavy atom. The Morgan fingerprint density at radius 1 is 1.11 bits per heavy atom. The third kappa shape index (κ3) is 4.87. The summed E-state index contributed by atoms with van der Waals surface area (Å²) >= 11 is 0. The largest absolute Gasteiger partial charge is 0.328 e. The summed E-state index contributed by atoms with van der Waals surface area (Å²) in [4.78, 5) is 5.34. The zero-order chi connectivity index (χ0) is 13.0. The van der Waals surface area contributed by atoms with Gasteiger partial charge in [-0.25, -0.2) is 0 Å². The fourth-order valence-electron chi connectivity index (χ4n) is 2.79. The number of likely N-dealkylation sites (tertiary alicyclic amines) is 1. The van der Waals surface area contributed by atoms with Crippen molar-refractivity contribution in [2.75, 3.05) is 32.7 Å². The molecule has 2 rings (SSSR count). The fourth-order valence-corrected chi connectivity index (χ4v) is 2.79. The van der Waals surface area contributed by atoms with Crippen LogP contribution in [0.25, 0.3) is 0 Å². The molecule has 2 fully saturated rings. The molecule has 0 spiro atoms. The molecule has 0 atom stereocenters. The molecule has 3 nitrogen and oxygen atoms in total. The number of piperidine rings is 1. The molecule has 0 aromatic heterocycles. The Labute approximate surface area is 113 Å². The highest BCUT2D eigenvalue weighted by Crippen LogP contribution is 2.27. The molecule has 3 heteroatoms. The van der Waals surface area contributed by atoms with Gasteiger partial charge in [-0.2, -0.15) is 0 Å². The summed E-state index contributed by atoms with van der Waals surface area (Å²) in [5, 5.41) is 0. The summed E-state index contributed by atoms with van der Waals surface area (Å²) in [5.41, 5.74) is 5.96. The van der Waals surface area contributed by atoms with Gasteiger partial charge in [0.15, 0.2) is 0 Å². The topological polar surface area (TPSA) is 32.5 Å². The second-order valence-electron chi connectivity index (χ2n) is 6.63. The van der Waals surface area contributed by atoms with Crippen LogP contribution in [0, 0.1) is 5.92 Å². The zero-order valence-corrected chi connectivity index (χ0v) is 12.3. The van der Waals surface area contributed by atoms with E-state index in [4.69, 9.17) is 5.73 Å². The van der Waals surface area contributed by atoms with Gasteiger partial charge in [-0.15, -0.1) is 0 Å². The fraction of sp³-hybridized carbons (Fsp3) is 1.00. The van der Waals surface area contributed by atoms with Crippen molar-refractivity contribution in [3.8, 4) is 0 Å². The van der Waals surface area contributed by atoms with Crippen LogP contribution in [0.5, 0.6) is 0 Å². The van der Waals surface area contributed by atoms with Crippen molar-refractivity contribution in [2.24, 2.45) is 11.7 Å². The van der Waals surface area contributed by atoms with Crippen molar-refractivity contribution >= 4 is 0 Å². The summed E-state index contributed by atoms with van der Waals surface area (Å²) in [6.07, 6.45) is 6.60. The predicted octanol–water partition coefficient (Wildman–Crippen LogP) is 1.92. The van der Waals surface area contributed by atoms with Crippen LogP contribution in [-0.4, -0.2) is 54.6 Å². The van der Waals surface area contributed by atoms with E-state index in [9.17, 15) is 0 Å². The molecule has 0 aromatic carbocycles. The first-order chi connectivity index (χ1) is 8.65. The van der Waals surface area contributed by atoms with Crippen molar-refractivity contribution in [1.82, 2.24) is 9.80 Å². The highest BCUT2D eigenvalue weighted by Gasteiger charge is 2.29. The maximum absolute atomic E-state index is 5.96. The minimum absolute atomic E-state index is 0.460. The van der Waals surface area contributed by atoms with Gasteiger partial charge in [0.1, 0.15) is 0 Å². The van der Waals surface area contributed by atoms with E-state index in [1.165, 1.54) is 64.8 Å². The van der Waals surface area contributed by atoms with Crippen LogP contribution in [0.2, 0.25) is 0 Å². The van der Waals surface area contributed by atoms with Crippen LogP contribution in [0.3, 0.4) is 0 Å². The maximum Gasteiger partial charge on any atom is 0.0112 e. The highest BCUT2D eigenvalue weighted by atomic mass is 15.2. The standard InChI is InChI=1S/C15H31N3/c1-13(2)5-10-18(15-3-4-15)12-11-17-8-6-14(16)7-9-17/h13-15H,3-12,16H2,1-2H3. The Balaban J connectivity index is 1.65. The van der Waals surface area contributed by atoms with Gasteiger partial charge >= 0.3 is 0 Å². The van der Waals surface area contributed by atoms with E-state index < -0.39 is 0 Å². The van der Waals surface area contributed by atoms with Gasteiger partial charge in [-0.3, -0.25) is 4.90 Å². The summed E-state index contributed by atoms with van der Waals surface area (Å²) in [7, 11) is 0. The molecule has 0 unspecified atom stereocenters. The van der Waals surface area contributed by atoms with Crippen molar-refractivity contribution in [2.45, 2.75) is 58.0 Å². The Hall–Kier alpha value is -0.120. The van der Waals surface area contributed by atoms with Gasteiger partial charge in [0, 0.05) is 25.2 Å². The number of nitrogens with zero attached hydrogens (tertiary/aromatic N) is 2. The third-order valence-corrected chi connectivity index (χ3v) is 4.39. The predicted molar refractivity (Wildman–Crippen MR) is 77.7 cm³/mol. The van der Waals surface area contributed by atoms with Crippen LogP contribution in [0.4, 0.5) is 0 Å². The van der Waals surface area contributed by atoms with Gasteiger partial charge in [0.2, 0.25) is 0 Å². The smallest absolute Gasteiger partial charge is 0.0112 e. The van der Waals surface area contributed by atoms with Crippen LogP contribution < -0.4 is 5.73 Å². The Kier molecular flexibility index (Phi) is 5.46. The van der Waals surface area contributed by atoms with Gasteiger partial charge in [-0.05, 0) is 57.7 Å². The molecule has 0 bridgehead atoms. The van der Waals surface area contributed by atoms with Crippen LogP contribution in [-0.2, 0) is 0 Å². The third-order valence-electron chi connectivity index (χ3n) is 4.39. The Morgan fingerprint density at radius 2 is 1.78 bits per heavy atom. The lowest BCUT2D eigenvalue weighted by atomic mass is 10.1. The lowest BCUT2D eigenvalue weighted by Gasteiger charge is -2.32. The number of nitrogens with two attached hydrogens (primary N) is 1. The monoisotopic (exact) mass is 253 g/mol. The van der Waals surface area contributed by atoms with Gasteiger partial charge in [-0.1, -0.05) is 13.8 Å². The second kappa shape index (κ2) is 6.88. The summed E-state index contributed by atoms with van der Waals surface area (Å²) < 4.78 is 0. The molecule has 1 aliphatic carbocycles. The minimum Gasteiger partial charge on any atom is -0.328 e. The lowest BCUT2D eigenvalue weighted by molar-refractivity contribution is 0.165. The molecule has 18 heavy (non-hydrogen) atoms. The van der Waals surface area contributed by atoms with E-state index in [1.54, 1.807) is 0 Å². The highest BCUT2D eigenvalue weighted by molar-refractivity contribution is 4.85. The average Bonchev–Trinajstić information content (AvgIpc) is 3.15. The minimum atomic E-state index is 0.460. The maximum atomic E-state index is 5.96. The molecule has 1 aliphatic heterocycles. The van der Waals surface area contributed by atoms with E-state index in [0.29, 0.717) is 6.04 Å². The molecular formula is C15H31N3. The second-order valence-corrected chi connectivity index (χ2v) is 6.63. The number of hydrogen-bond acceptors (Lipinski definition) is 3.